The lowest BCUT2D eigenvalue weighted by molar-refractivity contribution is 0.571. The molecule has 0 aliphatic rings. The van der Waals surface area contributed by atoms with Crippen LogP contribution in [0, 0.1) is 0 Å². The number of rotatable bonds is 6. The standard InChI is InChI=1S/C30H31BrN3O3PS/c1-5-34-28-12-7-6-11-26(28)27-20-24(15-18-29(27)34)38(30(2,3)4,37-23-10-8-9-21(31)19-23)33-22-13-16-25(17-14-22)39(32,35)36/h6-20H,5H2,1-4H3,(H2,32,35,36)/t38-/m1/s1. The first-order chi connectivity index (χ1) is 18.4. The number of hydrogen-bond acceptors (Lipinski definition) is 4. The molecule has 0 saturated heterocycles. The van der Waals surface area contributed by atoms with Crippen LogP contribution in [0.3, 0.4) is 0 Å². The zero-order valence-corrected chi connectivity index (χ0v) is 25.6. The molecule has 0 amide bonds. The molecule has 202 valence electrons. The summed E-state index contributed by atoms with van der Waals surface area (Å²) in [4.78, 5) is 0.0443. The number of hydrogen-bond donors (Lipinski definition) is 1. The van der Waals surface area contributed by atoms with E-state index in [0.29, 0.717) is 11.4 Å². The Morgan fingerprint density at radius 2 is 1.59 bits per heavy atom. The summed E-state index contributed by atoms with van der Waals surface area (Å²) in [5.41, 5.74) is 2.97. The third kappa shape index (κ3) is 5.19. The summed E-state index contributed by atoms with van der Waals surface area (Å²) in [6.07, 6.45) is 0. The highest BCUT2D eigenvalue weighted by Crippen LogP contribution is 2.62. The van der Waals surface area contributed by atoms with Crippen molar-refractivity contribution in [3.05, 3.63) is 95.5 Å². The van der Waals surface area contributed by atoms with Crippen LogP contribution in [0.15, 0.2) is 105 Å². The van der Waals surface area contributed by atoms with Crippen molar-refractivity contribution in [3.63, 3.8) is 0 Å². The Morgan fingerprint density at radius 3 is 2.23 bits per heavy atom. The third-order valence-electron chi connectivity index (χ3n) is 6.79. The van der Waals surface area contributed by atoms with Gasteiger partial charge in [-0.25, -0.2) is 18.3 Å². The van der Waals surface area contributed by atoms with Crippen molar-refractivity contribution in [3.8, 4) is 5.75 Å². The molecule has 9 heteroatoms. The average molecular weight is 625 g/mol. The van der Waals surface area contributed by atoms with Crippen LogP contribution in [-0.4, -0.2) is 18.1 Å². The van der Waals surface area contributed by atoms with E-state index in [1.165, 1.54) is 23.0 Å². The van der Waals surface area contributed by atoms with E-state index in [9.17, 15) is 8.42 Å². The van der Waals surface area contributed by atoms with E-state index in [1.807, 2.05) is 24.3 Å². The minimum atomic E-state index is -3.81. The van der Waals surface area contributed by atoms with Gasteiger partial charge in [-0.2, -0.15) is 0 Å². The fourth-order valence-corrected chi connectivity index (χ4v) is 8.88. The van der Waals surface area contributed by atoms with E-state index in [-0.39, 0.29) is 4.90 Å². The molecular formula is C30H31BrN3O3PS. The lowest BCUT2D eigenvalue weighted by Gasteiger charge is -2.37. The van der Waals surface area contributed by atoms with Gasteiger partial charge in [-0.3, -0.25) is 0 Å². The molecule has 0 saturated carbocycles. The average Bonchev–Trinajstić information content (AvgIpc) is 3.20. The van der Waals surface area contributed by atoms with Crippen molar-refractivity contribution in [1.29, 1.82) is 0 Å². The number of aryl methyl sites for hydroxylation is 1. The minimum absolute atomic E-state index is 0.0443. The molecule has 1 atom stereocenters. The highest BCUT2D eigenvalue weighted by Gasteiger charge is 2.39. The lowest BCUT2D eigenvalue weighted by Crippen LogP contribution is -2.27. The molecule has 5 aromatic rings. The van der Waals surface area contributed by atoms with Gasteiger partial charge in [0.15, 0.2) is 7.28 Å². The molecule has 39 heavy (non-hydrogen) atoms. The van der Waals surface area contributed by atoms with E-state index >= 15 is 0 Å². The number of fused-ring (bicyclic) bond motifs is 3. The maximum Gasteiger partial charge on any atom is 0.238 e. The monoisotopic (exact) mass is 623 g/mol. The molecular weight excluding hydrogens is 593 g/mol. The number of benzene rings is 4. The summed E-state index contributed by atoms with van der Waals surface area (Å²) >= 11 is 3.57. The van der Waals surface area contributed by atoms with Crippen LogP contribution in [0.5, 0.6) is 5.75 Å². The van der Waals surface area contributed by atoms with Gasteiger partial charge in [0.1, 0.15) is 5.75 Å². The Balaban J connectivity index is 1.83. The third-order valence-corrected chi connectivity index (χ3v) is 12.0. The van der Waals surface area contributed by atoms with Gasteiger partial charge in [0.05, 0.1) is 10.6 Å². The topological polar surface area (TPSA) is 86.7 Å². The predicted molar refractivity (Wildman–Crippen MR) is 166 cm³/mol. The summed E-state index contributed by atoms with van der Waals surface area (Å²) in [7, 11) is -6.63. The summed E-state index contributed by atoms with van der Waals surface area (Å²) in [5.74, 6) is 0.702. The Morgan fingerprint density at radius 1 is 0.897 bits per heavy atom. The summed E-state index contributed by atoms with van der Waals surface area (Å²) in [6, 6.07) is 29.1. The van der Waals surface area contributed by atoms with Crippen molar-refractivity contribution in [2.24, 2.45) is 9.88 Å². The summed E-state index contributed by atoms with van der Waals surface area (Å²) in [5, 5.41) is 8.26. The van der Waals surface area contributed by atoms with Crippen molar-refractivity contribution in [2.75, 3.05) is 0 Å². The van der Waals surface area contributed by atoms with Crippen LogP contribution >= 0.6 is 23.2 Å². The first-order valence-corrected chi connectivity index (χ1v) is 16.6. The van der Waals surface area contributed by atoms with E-state index in [2.05, 4.69) is 90.7 Å². The first-order valence-electron chi connectivity index (χ1n) is 12.6. The molecule has 0 bridgehead atoms. The van der Waals surface area contributed by atoms with Gasteiger partial charge in [-0.15, -0.1) is 0 Å². The molecule has 0 unspecified atom stereocenters. The van der Waals surface area contributed by atoms with Crippen LogP contribution in [0.4, 0.5) is 5.69 Å². The molecule has 6 nitrogen and oxygen atoms in total. The fraction of sp³-hybridized carbons (Fsp3) is 0.200. The minimum Gasteiger partial charge on any atom is -0.455 e. The van der Waals surface area contributed by atoms with E-state index in [4.69, 9.17) is 14.4 Å². The Bertz CT molecular complexity index is 1860. The second-order valence-corrected chi connectivity index (χ2v) is 16.3. The SMILES string of the molecule is CCn1c2ccccc2c2cc([P@@](=Nc3ccc(S(N)(=O)=O)cc3)(Oc3cccc(Br)c3)C(C)(C)C)ccc21. The van der Waals surface area contributed by atoms with Crippen molar-refractivity contribution < 1.29 is 12.9 Å². The smallest absolute Gasteiger partial charge is 0.238 e. The predicted octanol–water partition coefficient (Wildman–Crippen LogP) is 8.18. The van der Waals surface area contributed by atoms with Crippen LogP contribution in [0.2, 0.25) is 0 Å². The molecule has 1 heterocycles. The molecule has 0 fully saturated rings. The normalized spacial score (nSPS) is 13.9. The largest absolute Gasteiger partial charge is 0.455 e. The molecule has 5 rings (SSSR count). The molecule has 0 spiro atoms. The maximum atomic E-state index is 11.9. The number of nitrogens with zero attached hydrogens (tertiary/aromatic N) is 2. The summed E-state index contributed by atoms with van der Waals surface area (Å²) < 4.78 is 39.3. The molecule has 1 aromatic heterocycles. The van der Waals surface area contributed by atoms with Crippen molar-refractivity contribution in [1.82, 2.24) is 4.57 Å². The number of aromatic nitrogens is 1. The second-order valence-electron chi connectivity index (χ2n) is 10.4. The maximum absolute atomic E-state index is 11.9. The van der Waals surface area contributed by atoms with Crippen LogP contribution in [0.25, 0.3) is 21.8 Å². The number of nitrogens with two attached hydrogens (primary N) is 1. The number of halogens is 1. The van der Waals surface area contributed by atoms with Gasteiger partial charge in [0, 0.05) is 43.3 Å². The first kappa shape index (κ1) is 27.7. The van der Waals surface area contributed by atoms with Gasteiger partial charge >= 0.3 is 0 Å². The number of sulfonamides is 1. The van der Waals surface area contributed by atoms with Gasteiger partial charge in [-0.1, -0.05) is 61.0 Å². The highest BCUT2D eigenvalue weighted by atomic mass is 79.9. The van der Waals surface area contributed by atoms with Crippen LogP contribution in [0.1, 0.15) is 27.7 Å². The van der Waals surface area contributed by atoms with Crippen LogP contribution in [-0.2, 0) is 16.6 Å². The van der Waals surface area contributed by atoms with Crippen molar-refractivity contribution >= 4 is 66.0 Å². The number of para-hydroxylation sites is 1. The quantitative estimate of drug-likeness (QED) is 0.193. The Hall–Kier alpha value is -2.90. The zero-order valence-electron chi connectivity index (χ0n) is 22.3. The molecule has 0 aliphatic heterocycles. The van der Waals surface area contributed by atoms with Crippen LogP contribution < -0.4 is 15.0 Å². The van der Waals surface area contributed by atoms with Gasteiger partial charge < -0.3 is 9.09 Å². The van der Waals surface area contributed by atoms with Gasteiger partial charge in [-0.05, 0) is 73.7 Å². The summed E-state index contributed by atoms with van der Waals surface area (Å²) in [6.45, 7) is 9.43. The molecule has 2 N–H and O–H groups in total. The van der Waals surface area contributed by atoms with Crippen molar-refractivity contribution in [2.45, 2.75) is 44.3 Å². The van der Waals surface area contributed by atoms with E-state index in [1.54, 1.807) is 12.1 Å². The van der Waals surface area contributed by atoms with Gasteiger partial charge in [0.2, 0.25) is 10.0 Å². The van der Waals surface area contributed by atoms with E-state index < -0.39 is 22.5 Å². The molecule has 4 aromatic carbocycles. The lowest BCUT2D eigenvalue weighted by atomic mass is 10.1. The molecule has 0 aliphatic carbocycles. The second kappa shape index (κ2) is 10.3. The molecule has 0 radical (unpaired) electrons. The zero-order chi connectivity index (χ0) is 28.0. The van der Waals surface area contributed by atoms with E-state index in [0.717, 1.165) is 27.2 Å². The number of primary sulfonamides is 1. The highest BCUT2D eigenvalue weighted by molar-refractivity contribution is 9.10. The Labute approximate surface area is 238 Å². The Kier molecular flexibility index (Phi) is 7.27. The fourth-order valence-electron chi connectivity index (χ4n) is 4.92. The van der Waals surface area contributed by atoms with Gasteiger partial charge in [0.25, 0.3) is 0 Å².